The summed E-state index contributed by atoms with van der Waals surface area (Å²) in [6.45, 7) is 12.8. The summed E-state index contributed by atoms with van der Waals surface area (Å²) in [5.41, 5.74) is 16.0. The molecule has 0 fully saturated rings. The zero-order valence-corrected chi connectivity index (χ0v) is 33.4. The van der Waals surface area contributed by atoms with E-state index in [0.717, 1.165) is 28.2 Å². The third kappa shape index (κ3) is 5.36. The molecule has 0 atom stereocenters. The maximum atomic E-state index is 4.06. The molecular weight excluding hydrogens is 703 g/mol. The number of anilines is 3. The van der Waals surface area contributed by atoms with Crippen LogP contribution < -0.4 is 25.6 Å². The lowest BCUT2D eigenvalue weighted by Gasteiger charge is -2.32. The lowest BCUT2D eigenvalue weighted by Crippen LogP contribution is -2.72. The van der Waals surface area contributed by atoms with Crippen molar-refractivity contribution in [2.24, 2.45) is 0 Å². The fourth-order valence-electron chi connectivity index (χ4n) is 9.65. The highest BCUT2D eigenvalue weighted by molar-refractivity contribution is 7.22. The first kappa shape index (κ1) is 34.7. The first-order valence-corrected chi connectivity index (χ1v) is 21.8. The van der Waals surface area contributed by atoms with E-state index in [-0.39, 0.29) is 5.41 Å². The molecule has 8 aromatic rings. The van der Waals surface area contributed by atoms with Gasteiger partial charge in [0.05, 0.1) is 0 Å². The van der Waals surface area contributed by atoms with E-state index in [2.05, 4.69) is 220 Å². The summed E-state index contributed by atoms with van der Waals surface area (Å²) in [5, 5.41) is 5.57. The topological polar surface area (TPSA) is 3.24 Å². The molecule has 0 spiro atoms. The zero-order valence-electron chi connectivity index (χ0n) is 32.4. The largest absolute Gasteiger partial charge is 0.310 e. The van der Waals surface area contributed by atoms with E-state index in [1.807, 2.05) is 12.2 Å². The summed E-state index contributed by atoms with van der Waals surface area (Å²) < 4.78 is 0. The van der Waals surface area contributed by atoms with Gasteiger partial charge in [0.1, 0.15) is 0 Å². The standard InChI is InChI=1S/C55H43NSi/c1-5-38-20-30-45(31-21-38)57(46-32-22-39(6-2)23-33-46)53-19-13-11-17-49(53)50-36-43(29-35-54(50)57)56(42-26-24-41(25-27-42)40-14-8-7-9-15-40)44-28-34-48-47-16-10-12-18-51(47)55(3,4)52(48)37-44/h5-37H,1-2H2,3-4H3. The minimum Gasteiger partial charge on any atom is -0.310 e. The Hall–Kier alpha value is -6.74. The van der Waals surface area contributed by atoms with E-state index >= 15 is 0 Å². The number of hydrogen-bond acceptors (Lipinski definition) is 1. The molecule has 8 aromatic carbocycles. The fraction of sp³-hybridized carbons (Fsp3) is 0.0545. The molecule has 1 nitrogen and oxygen atoms in total. The Balaban J connectivity index is 1.19. The molecule has 0 bridgehead atoms. The molecule has 0 N–H and O–H groups in total. The van der Waals surface area contributed by atoms with Gasteiger partial charge >= 0.3 is 0 Å². The molecule has 0 radical (unpaired) electrons. The van der Waals surface area contributed by atoms with Crippen LogP contribution in [0.15, 0.2) is 201 Å². The Labute approximate surface area is 337 Å². The Morgan fingerprint density at radius 1 is 0.421 bits per heavy atom. The molecular formula is C55H43NSi. The van der Waals surface area contributed by atoms with Gasteiger partial charge in [0.2, 0.25) is 0 Å². The smallest absolute Gasteiger partial charge is 0.180 e. The number of rotatable bonds is 8. The molecule has 0 saturated heterocycles. The number of fused-ring (bicyclic) bond motifs is 6. The molecule has 272 valence electrons. The van der Waals surface area contributed by atoms with Crippen LogP contribution >= 0.6 is 0 Å². The van der Waals surface area contributed by atoms with Gasteiger partial charge in [-0.2, -0.15) is 0 Å². The molecule has 57 heavy (non-hydrogen) atoms. The van der Waals surface area contributed by atoms with Gasteiger partial charge in [-0.1, -0.05) is 191 Å². The van der Waals surface area contributed by atoms with Crippen molar-refractivity contribution in [3.63, 3.8) is 0 Å². The van der Waals surface area contributed by atoms with Crippen molar-refractivity contribution in [1.82, 2.24) is 0 Å². The lowest BCUT2D eigenvalue weighted by molar-refractivity contribution is 0.660. The Morgan fingerprint density at radius 3 is 1.60 bits per heavy atom. The van der Waals surface area contributed by atoms with Gasteiger partial charge in [-0.3, -0.25) is 0 Å². The molecule has 10 rings (SSSR count). The van der Waals surface area contributed by atoms with Crippen LogP contribution in [-0.4, -0.2) is 8.07 Å². The second-order valence-electron chi connectivity index (χ2n) is 15.8. The summed E-state index contributed by atoms with van der Waals surface area (Å²) in [7, 11) is -2.71. The van der Waals surface area contributed by atoms with E-state index < -0.39 is 8.07 Å². The first-order valence-electron chi connectivity index (χ1n) is 19.8. The van der Waals surface area contributed by atoms with E-state index in [1.54, 1.807) is 0 Å². The monoisotopic (exact) mass is 745 g/mol. The van der Waals surface area contributed by atoms with Crippen molar-refractivity contribution < 1.29 is 0 Å². The Bertz CT molecular complexity index is 2780. The number of benzene rings is 8. The van der Waals surface area contributed by atoms with Crippen LogP contribution in [0.2, 0.25) is 0 Å². The molecule has 2 aliphatic rings. The summed E-state index contributed by atoms with van der Waals surface area (Å²) in [6, 6.07) is 70.3. The highest BCUT2D eigenvalue weighted by Gasteiger charge is 2.48. The van der Waals surface area contributed by atoms with Gasteiger partial charge in [-0.05, 0) is 113 Å². The molecule has 1 aliphatic carbocycles. The molecule has 2 heteroatoms. The van der Waals surface area contributed by atoms with Gasteiger partial charge in [0.15, 0.2) is 8.07 Å². The van der Waals surface area contributed by atoms with Crippen LogP contribution in [0.25, 0.3) is 45.5 Å². The summed E-state index contributed by atoms with van der Waals surface area (Å²) in [6.07, 6.45) is 3.86. The average Bonchev–Trinajstić information content (AvgIpc) is 3.69. The van der Waals surface area contributed by atoms with Crippen molar-refractivity contribution in [2.75, 3.05) is 4.90 Å². The molecule has 0 saturated carbocycles. The SMILES string of the molecule is C=Cc1ccc([Si]2(c3ccc(C=C)cc3)c3ccccc3-c3cc(N(c4ccc(-c5ccccc5)cc4)c4ccc5c(c4)C(C)(C)c4ccccc4-5)ccc32)cc1. The van der Waals surface area contributed by atoms with E-state index in [0.29, 0.717) is 0 Å². The van der Waals surface area contributed by atoms with Gasteiger partial charge < -0.3 is 4.90 Å². The third-order valence-corrected chi connectivity index (χ3v) is 17.4. The number of hydrogen-bond donors (Lipinski definition) is 0. The van der Waals surface area contributed by atoms with E-state index in [1.165, 1.54) is 65.3 Å². The molecule has 0 aromatic heterocycles. The maximum absolute atomic E-state index is 4.06. The van der Waals surface area contributed by atoms with Gasteiger partial charge in [0.25, 0.3) is 0 Å². The molecule has 1 heterocycles. The van der Waals surface area contributed by atoms with Crippen LogP contribution in [0.3, 0.4) is 0 Å². The average molecular weight is 746 g/mol. The van der Waals surface area contributed by atoms with Crippen LogP contribution in [0, 0.1) is 0 Å². The maximum Gasteiger partial charge on any atom is 0.180 e. The third-order valence-electron chi connectivity index (χ3n) is 12.5. The fourth-order valence-corrected chi connectivity index (χ4v) is 14.8. The second kappa shape index (κ2) is 13.5. The van der Waals surface area contributed by atoms with E-state index in [9.17, 15) is 0 Å². The van der Waals surface area contributed by atoms with Crippen LogP contribution in [0.5, 0.6) is 0 Å². The molecule has 1 aliphatic heterocycles. The quantitative estimate of drug-likeness (QED) is 0.140. The molecule has 0 unspecified atom stereocenters. The minimum absolute atomic E-state index is 0.116. The lowest BCUT2D eigenvalue weighted by atomic mass is 9.82. The predicted octanol–water partition coefficient (Wildman–Crippen LogP) is 11.8. The van der Waals surface area contributed by atoms with Crippen molar-refractivity contribution in [2.45, 2.75) is 19.3 Å². The van der Waals surface area contributed by atoms with Crippen molar-refractivity contribution in [1.29, 1.82) is 0 Å². The summed E-state index contributed by atoms with van der Waals surface area (Å²) in [5.74, 6) is 0. The highest BCUT2D eigenvalue weighted by atomic mass is 28.3. The van der Waals surface area contributed by atoms with Gasteiger partial charge in [-0.15, -0.1) is 0 Å². The Morgan fingerprint density at radius 2 is 0.930 bits per heavy atom. The predicted molar refractivity (Wildman–Crippen MR) is 247 cm³/mol. The van der Waals surface area contributed by atoms with E-state index in [4.69, 9.17) is 0 Å². The normalized spacial score (nSPS) is 13.9. The highest BCUT2D eigenvalue weighted by Crippen LogP contribution is 2.51. The number of nitrogens with zero attached hydrogens (tertiary/aromatic N) is 1. The zero-order chi connectivity index (χ0) is 38.7. The van der Waals surface area contributed by atoms with Gasteiger partial charge in [-0.25, -0.2) is 0 Å². The summed E-state index contributed by atoms with van der Waals surface area (Å²) in [4.78, 5) is 2.45. The van der Waals surface area contributed by atoms with Crippen molar-refractivity contribution in [3.05, 3.63) is 223 Å². The minimum atomic E-state index is -2.71. The summed E-state index contributed by atoms with van der Waals surface area (Å²) >= 11 is 0. The second-order valence-corrected chi connectivity index (χ2v) is 19.6. The van der Waals surface area contributed by atoms with Crippen LogP contribution in [-0.2, 0) is 5.41 Å². The Kier molecular flexibility index (Phi) is 8.21. The van der Waals surface area contributed by atoms with Crippen LogP contribution in [0.1, 0.15) is 36.1 Å². The van der Waals surface area contributed by atoms with Gasteiger partial charge in [0, 0.05) is 22.5 Å². The first-order chi connectivity index (χ1) is 27.9. The van der Waals surface area contributed by atoms with Crippen LogP contribution in [0.4, 0.5) is 17.1 Å². The van der Waals surface area contributed by atoms with Crippen molar-refractivity contribution in [3.8, 4) is 33.4 Å². The van der Waals surface area contributed by atoms with Crippen molar-refractivity contribution >= 4 is 58.0 Å². The molecule has 0 amide bonds.